The Kier molecular flexibility index (Phi) is 5.33. The summed E-state index contributed by atoms with van der Waals surface area (Å²) >= 11 is 0. The second kappa shape index (κ2) is 7.65. The van der Waals surface area contributed by atoms with E-state index in [-0.39, 0.29) is 24.2 Å². The van der Waals surface area contributed by atoms with Crippen molar-refractivity contribution in [2.75, 3.05) is 13.6 Å². The molecular formula is C18H25N5O2. The van der Waals surface area contributed by atoms with E-state index in [1.807, 2.05) is 51.2 Å². The minimum Gasteiger partial charge on any atom is -0.338 e. The lowest BCUT2D eigenvalue weighted by atomic mass is 10.1. The molecular weight excluding hydrogens is 318 g/mol. The maximum Gasteiger partial charge on any atom is 0.315 e. The zero-order valence-electron chi connectivity index (χ0n) is 14.9. The summed E-state index contributed by atoms with van der Waals surface area (Å²) in [5.74, 6) is 1.30. The predicted octanol–water partition coefficient (Wildman–Crippen LogP) is 2.11. The van der Waals surface area contributed by atoms with Crippen LogP contribution in [0.15, 0.2) is 34.9 Å². The van der Waals surface area contributed by atoms with Crippen LogP contribution in [-0.4, -0.2) is 46.7 Å². The molecule has 2 aromatic rings. The quantitative estimate of drug-likeness (QED) is 0.869. The Morgan fingerprint density at radius 3 is 2.84 bits per heavy atom. The van der Waals surface area contributed by atoms with Crippen LogP contribution in [0.1, 0.15) is 43.6 Å². The summed E-state index contributed by atoms with van der Waals surface area (Å²) in [4.78, 5) is 18.6. The van der Waals surface area contributed by atoms with Crippen molar-refractivity contribution >= 4 is 6.03 Å². The highest BCUT2D eigenvalue weighted by Crippen LogP contribution is 2.29. The fraction of sp³-hybridized carbons (Fsp3) is 0.500. The minimum atomic E-state index is -0.135. The van der Waals surface area contributed by atoms with E-state index in [4.69, 9.17) is 4.52 Å². The highest BCUT2D eigenvalue weighted by molar-refractivity contribution is 5.74. The molecule has 1 aliphatic rings. The summed E-state index contributed by atoms with van der Waals surface area (Å²) in [6, 6.07) is 10.2. The van der Waals surface area contributed by atoms with Crippen molar-refractivity contribution in [3.63, 3.8) is 0 Å². The van der Waals surface area contributed by atoms with E-state index in [9.17, 15) is 4.79 Å². The monoisotopic (exact) mass is 343 g/mol. The number of amides is 2. The number of benzene rings is 1. The third-order valence-electron chi connectivity index (χ3n) is 4.28. The van der Waals surface area contributed by atoms with Crippen molar-refractivity contribution in [3.05, 3.63) is 47.6 Å². The van der Waals surface area contributed by atoms with Gasteiger partial charge in [-0.15, -0.1) is 0 Å². The number of hydrogen-bond acceptors (Lipinski definition) is 5. The number of nitrogens with one attached hydrogen (secondary N) is 2. The minimum absolute atomic E-state index is 0.0290. The number of urea groups is 1. The Morgan fingerprint density at radius 1 is 1.36 bits per heavy atom. The molecule has 134 valence electrons. The van der Waals surface area contributed by atoms with Crippen LogP contribution in [0.2, 0.25) is 0 Å². The first-order valence-electron chi connectivity index (χ1n) is 8.65. The highest BCUT2D eigenvalue weighted by Gasteiger charge is 2.35. The van der Waals surface area contributed by atoms with Crippen molar-refractivity contribution < 1.29 is 9.32 Å². The lowest BCUT2D eigenvalue weighted by molar-refractivity contribution is 0.234. The zero-order chi connectivity index (χ0) is 17.8. The molecule has 1 aromatic carbocycles. The molecule has 25 heavy (non-hydrogen) atoms. The normalized spacial score (nSPS) is 20.8. The van der Waals surface area contributed by atoms with Crippen LogP contribution in [0.25, 0.3) is 0 Å². The Bertz CT molecular complexity index is 701. The predicted molar refractivity (Wildman–Crippen MR) is 94.1 cm³/mol. The summed E-state index contributed by atoms with van der Waals surface area (Å²) < 4.78 is 5.48. The number of nitrogens with zero attached hydrogens (tertiary/aromatic N) is 3. The van der Waals surface area contributed by atoms with Crippen molar-refractivity contribution in [1.82, 2.24) is 25.7 Å². The largest absolute Gasteiger partial charge is 0.338 e. The molecule has 2 amide bonds. The van der Waals surface area contributed by atoms with Crippen molar-refractivity contribution in [1.29, 1.82) is 0 Å². The standard InChI is InChI=1S/C18H25N5O2/c1-12(2)19-18(24)20-14-10-15(23(3)11-14)17-21-16(22-25-17)9-13-7-5-4-6-8-13/h4-8,12,14-15H,9-11H2,1-3H3,(H2,19,20,24). The van der Waals surface area contributed by atoms with Crippen LogP contribution in [0.3, 0.4) is 0 Å². The topological polar surface area (TPSA) is 83.3 Å². The number of likely N-dealkylation sites (N-methyl/N-ethyl adjacent to an activating group) is 1. The molecule has 0 aliphatic carbocycles. The van der Waals surface area contributed by atoms with Crippen molar-refractivity contribution in [2.24, 2.45) is 0 Å². The van der Waals surface area contributed by atoms with Crippen LogP contribution < -0.4 is 10.6 Å². The number of likely N-dealkylation sites (tertiary alicyclic amines) is 1. The molecule has 2 atom stereocenters. The Morgan fingerprint density at radius 2 is 2.12 bits per heavy atom. The van der Waals surface area contributed by atoms with Crippen LogP contribution in [-0.2, 0) is 6.42 Å². The SMILES string of the molecule is CC(C)NC(=O)NC1CC(c2nc(Cc3ccccc3)no2)N(C)C1. The van der Waals surface area contributed by atoms with E-state index in [1.54, 1.807) is 0 Å². The summed E-state index contributed by atoms with van der Waals surface area (Å²) in [5.41, 5.74) is 1.15. The van der Waals surface area contributed by atoms with E-state index in [0.29, 0.717) is 18.1 Å². The van der Waals surface area contributed by atoms with Gasteiger partial charge in [0.2, 0.25) is 5.89 Å². The van der Waals surface area contributed by atoms with Gasteiger partial charge < -0.3 is 15.2 Å². The number of hydrogen-bond donors (Lipinski definition) is 2. The lowest BCUT2D eigenvalue weighted by Crippen LogP contribution is -2.45. The van der Waals surface area contributed by atoms with Gasteiger partial charge in [0, 0.05) is 25.0 Å². The molecule has 7 nitrogen and oxygen atoms in total. The smallest absolute Gasteiger partial charge is 0.315 e. The first-order chi connectivity index (χ1) is 12.0. The maximum atomic E-state index is 11.9. The van der Waals surface area contributed by atoms with Crippen LogP contribution >= 0.6 is 0 Å². The number of carbonyl (C=O) groups excluding carboxylic acids is 1. The number of rotatable bonds is 5. The van der Waals surface area contributed by atoms with Gasteiger partial charge in [0.1, 0.15) is 0 Å². The van der Waals surface area contributed by atoms with Crippen molar-refractivity contribution in [3.8, 4) is 0 Å². The molecule has 0 radical (unpaired) electrons. The third-order valence-corrected chi connectivity index (χ3v) is 4.28. The van der Waals surface area contributed by atoms with Gasteiger partial charge in [-0.1, -0.05) is 35.5 Å². The fourth-order valence-corrected chi connectivity index (χ4v) is 3.14. The average molecular weight is 343 g/mol. The summed E-state index contributed by atoms with van der Waals surface area (Å²) in [5, 5.41) is 9.96. The molecule has 2 unspecified atom stereocenters. The molecule has 2 heterocycles. The number of carbonyl (C=O) groups is 1. The molecule has 1 aliphatic heterocycles. The molecule has 0 bridgehead atoms. The molecule has 0 saturated carbocycles. The van der Waals surface area contributed by atoms with E-state index in [2.05, 4.69) is 25.7 Å². The molecule has 1 fully saturated rings. The van der Waals surface area contributed by atoms with Crippen LogP contribution in [0.5, 0.6) is 0 Å². The average Bonchev–Trinajstić information content (AvgIpc) is 3.14. The first kappa shape index (κ1) is 17.4. The molecule has 1 aromatic heterocycles. The van der Waals surface area contributed by atoms with Gasteiger partial charge in [-0.25, -0.2) is 4.79 Å². The summed E-state index contributed by atoms with van der Waals surface area (Å²) in [6.45, 7) is 4.64. The van der Waals surface area contributed by atoms with Gasteiger partial charge in [-0.05, 0) is 32.9 Å². The lowest BCUT2D eigenvalue weighted by Gasteiger charge is -2.15. The molecule has 3 rings (SSSR count). The van der Waals surface area contributed by atoms with E-state index in [0.717, 1.165) is 18.5 Å². The maximum absolute atomic E-state index is 11.9. The van der Waals surface area contributed by atoms with Crippen LogP contribution in [0.4, 0.5) is 4.79 Å². The molecule has 0 spiro atoms. The van der Waals surface area contributed by atoms with Gasteiger partial charge in [-0.3, -0.25) is 4.90 Å². The molecule has 7 heteroatoms. The van der Waals surface area contributed by atoms with E-state index < -0.39 is 0 Å². The van der Waals surface area contributed by atoms with Crippen molar-refractivity contribution in [2.45, 2.75) is 44.8 Å². The first-order valence-corrected chi connectivity index (χ1v) is 8.65. The highest BCUT2D eigenvalue weighted by atomic mass is 16.5. The van der Waals surface area contributed by atoms with E-state index >= 15 is 0 Å². The Labute approximate surface area is 147 Å². The van der Waals surface area contributed by atoms with Gasteiger partial charge in [0.05, 0.1) is 6.04 Å². The zero-order valence-corrected chi connectivity index (χ0v) is 14.9. The summed E-state index contributed by atoms with van der Waals surface area (Å²) in [7, 11) is 2.01. The Hall–Kier alpha value is -2.41. The fourth-order valence-electron chi connectivity index (χ4n) is 3.14. The molecule has 2 N–H and O–H groups in total. The van der Waals surface area contributed by atoms with Crippen LogP contribution in [0, 0.1) is 0 Å². The summed E-state index contributed by atoms with van der Waals surface area (Å²) in [6.07, 6.45) is 1.41. The van der Waals surface area contributed by atoms with Gasteiger partial charge in [0.15, 0.2) is 5.82 Å². The van der Waals surface area contributed by atoms with Gasteiger partial charge in [0.25, 0.3) is 0 Å². The Balaban J connectivity index is 1.60. The molecule has 1 saturated heterocycles. The van der Waals surface area contributed by atoms with E-state index in [1.165, 1.54) is 0 Å². The number of aromatic nitrogens is 2. The second-order valence-electron chi connectivity index (χ2n) is 6.87. The third kappa shape index (κ3) is 4.57. The van der Waals surface area contributed by atoms with Gasteiger partial charge in [-0.2, -0.15) is 4.98 Å². The second-order valence-corrected chi connectivity index (χ2v) is 6.87. The van der Waals surface area contributed by atoms with Gasteiger partial charge >= 0.3 is 6.03 Å².